The Labute approximate surface area is 154 Å². The minimum Gasteiger partial charge on any atom is -0.480 e. The van der Waals surface area contributed by atoms with E-state index in [2.05, 4.69) is 0 Å². The summed E-state index contributed by atoms with van der Waals surface area (Å²) in [6, 6.07) is 4.70. The Morgan fingerprint density at radius 2 is 1.89 bits per heavy atom. The third-order valence-electron chi connectivity index (χ3n) is 4.89. The SMILES string of the molecule is O=C(O)CN1C[C@@H]2COC[C@H](C1)N(C(=O)Cc1ccccc1C(F)(F)F)C2. The molecular weight excluding hydrogens is 365 g/mol. The third kappa shape index (κ3) is 4.78. The van der Waals surface area contributed by atoms with Gasteiger partial charge in [0.1, 0.15) is 0 Å². The molecule has 2 aliphatic heterocycles. The molecule has 2 atom stereocenters. The van der Waals surface area contributed by atoms with E-state index >= 15 is 0 Å². The summed E-state index contributed by atoms with van der Waals surface area (Å²) in [7, 11) is 0. The first-order valence-electron chi connectivity index (χ1n) is 8.70. The van der Waals surface area contributed by atoms with E-state index in [1.165, 1.54) is 18.2 Å². The van der Waals surface area contributed by atoms with Gasteiger partial charge in [0.15, 0.2) is 0 Å². The van der Waals surface area contributed by atoms with Gasteiger partial charge in [0.05, 0.1) is 37.8 Å². The summed E-state index contributed by atoms with van der Waals surface area (Å²) < 4.78 is 45.1. The van der Waals surface area contributed by atoms with E-state index < -0.39 is 23.6 Å². The average molecular weight is 386 g/mol. The second-order valence-corrected chi connectivity index (χ2v) is 7.02. The quantitative estimate of drug-likeness (QED) is 0.849. The number of alkyl halides is 3. The molecule has 3 rings (SSSR count). The number of benzene rings is 1. The molecule has 0 aromatic heterocycles. The van der Waals surface area contributed by atoms with Crippen molar-refractivity contribution in [2.75, 3.05) is 39.4 Å². The topological polar surface area (TPSA) is 70.1 Å². The van der Waals surface area contributed by atoms with E-state index in [1.807, 2.05) is 0 Å². The van der Waals surface area contributed by atoms with Gasteiger partial charge in [0.2, 0.25) is 5.91 Å². The molecule has 0 spiro atoms. The molecule has 2 aliphatic rings. The molecule has 9 heteroatoms. The van der Waals surface area contributed by atoms with Gasteiger partial charge in [-0.05, 0) is 11.6 Å². The maximum absolute atomic E-state index is 13.2. The standard InChI is InChI=1S/C18H21F3N2O4/c19-18(20,21)15-4-2-1-3-13(15)5-16(24)23-7-12-6-22(9-17(25)26)8-14(23)11-27-10-12/h1-4,12,14H,5-11H2,(H,25,26)/t12-,14-/m0/s1. The highest BCUT2D eigenvalue weighted by Gasteiger charge is 2.38. The second-order valence-electron chi connectivity index (χ2n) is 7.02. The fourth-order valence-electron chi connectivity index (χ4n) is 3.78. The van der Waals surface area contributed by atoms with Crippen molar-refractivity contribution in [3.63, 3.8) is 0 Å². The third-order valence-corrected chi connectivity index (χ3v) is 4.89. The number of halogens is 3. The van der Waals surface area contributed by atoms with Crippen LogP contribution in [0, 0.1) is 5.92 Å². The molecule has 0 unspecified atom stereocenters. The Bertz CT molecular complexity index is 710. The lowest BCUT2D eigenvalue weighted by Crippen LogP contribution is -2.47. The predicted octanol–water partition coefficient (Wildman–Crippen LogP) is 1.49. The lowest BCUT2D eigenvalue weighted by molar-refractivity contribution is -0.139. The Kier molecular flexibility index (Phi) is 5.71. The fraction of sp³-hybridized carbons (Fsp3) is 0.556. The first kappa shape index (κ1) is 19.6. The van der Waals surface area contributed by atoms with Crippen LogP contribution in [-0.2, 0) is 26.9 Å². The molecule has 0 aliphatic carbocycles. The van der Waals surface area contributed by atoms with E-state index in [9.17, 15) is 22.8 Å². The fourth-order valence-corrected chi connectivity index (χ4v) is 3.78. The van der Waals surface area contributed by atoms with Crippen molar-refractivity contribution in [2.24, 2.45) is 5.92 Å². The van der Waals surface area contributed by atoms with Crippen LogP contribution in [0.1, 0.15) is 11.1 Å². The van der Waals surface area contributed by atoms with Gasteiger partial charge in [-0.2, -0.15) is 13.2 Å². The van der Waals surface area contributed by atoms with Crippen LogP contribution in [-0.4, -0.2) is 72.2 Å². The molecule has 0 saturated carbocycles. The molecule has 6 nitrogen and oxygen atoms in total. The second kappa shape index (κ2) is 7.85. The van der Waals surface area contributed by atoms with Crippen LogP contribution in [0.3, 0.4) is 0 Å². The normalized spacial score (nSPS) is 23.7. The van der Waals surface area contributed by atoms with Gasteiger partial charge < -0.3 is 14.7 Å². The number of ether oxygens (including phenoxy) is 1. The summed E-state index contributed by atoms with van der Waals surface area (Å²) in [5.74, 6) is -1.42. The molecule has 27 heavy (non-hydrogen) atoms. The number of carbonyl (C=O) groups is 2. The van der Waals surface area contributed by atoms with Gasteiger partial charge in [0.25, 0.3) is 0 Å². The number of amides is 1. The van der Waals surface area contributed by atoms with Crippen LogP contribution in [0.15, 0.2) is 24.3 Å². The van der Waals surface area contributed by atoms with E-state index in [-0.39, 0.29) is 37.1 Å². The summed E-state index contributed by atoms with van der Waals surface area (Å²) in [5, 5.41) is 9.04. The van der Waals surface area contributed by atoms with Gasteiger partial charge in [0, 0.05) is 25.6 Å². The molecule has 1 amide bonds. The first-order valence-corrected chi connectivity index (χ1v) is 8.70. The molecule has 1 aromatic rings. The van der Waals surface area contributed by atoms with Crippen molar-refractivity contribution in [1.82, 2.24) is 9.80 Å². The van der Waals surface area contributed by atoms with Gasteiger partial charge in [-0.3, -0.25) is 14.5 Å². The monoisotopic (exact) mass is 386 g/mol. The number of fused-ring (bicyclic) bond motifs is 3. The van der Waals surface area contributed by atoms with Crippen molar-refractivity contribution in [2.45, 2.75) is 18.6 Å². The maximum Gasteiger partial charge on any atom is 0.416 e. The van der Waals surface area contributed by atoms with Crippen LogP contribution in [0.25, 0.3) is 0 Å². The number of rotatable bonds is 4. The van der Waals surface area contributed by atoms with E-state index in [1.54, 1.807) is 9.80 Å². The molecule has 0 radical (unpaired) electrons. The van der Waals surface area contributed by atoms with Crippen molar-refractivity contribution in [1.29, 1.82) is 0 Å². The van der Waals surface area contributed by atoms with Crippen LogP contribution >= 0.6 is 0 Å². The molecular formula is C18H21F3N2O4. The van der Waals surface area contributed by atoms with Crippen LogP contribution < -0.4 is 0 Å². The van der Waals surface area contributed by atoms with Crippen molar-refractivity contribution in [3.8, 4) is 0 Å². The summed E-state index contributed by atoms with van der Waals surface area (Å²) in [6.07, 6.45) is -4.87. The Hall–Kier alpha value is -2.13. The molecule has 148 valence electrons. The molecule has 1 N–H and O–H groups in total. The lowest BCUT2D eigenvalue weighted by Gasteiger charge is -2.30. The number of carboxylic acid groups (broad SMARTS) is 1. The van der Waals surface area contributed by atoms with Crippen molar-refractivity contribution >= 4 is 11.9 Å². The predicted molar refractivity (Wildman–Crippen MR) is 89.0 cm³/mol. The number of carbonyl (C=O) groups excluding carboxylic acids is 1. The number of carboxylic acids is 1. The molecule has 2 fully saturated rings. The zero-order valence-corrected chi connectivity index (χ0v) is 14.6. The number of aliphatic carboxylic acids is 1. The van der Waals surface area contributed by atoms with E-state index in [4.69, 9.17) is 9.84 Å². The van der Waals surface area contributed by atoms with E-state index in [0.29, 0.717) is 26.2 Å². The highest BCUT2D eigenvalue weighted by atomic mass is 19.4. The zero-order chi connectivity index (χ0) is 19.6. The van der Waals surface area contributed by atoms with E-state index in [0.717, 1.165) is 6.07 Å². The lowest BCUT2D eigenvalue weighted by atomic mass is 10.0. The molecule has 2 bridgehead atoms. The first-order chi connectivity index (χ1) is 12.7. The minimum atomic E-state index is -4.52. The number of hydrogen-bond donors (Lipinski definition) is 1. The van der Waals surface area contributed by atoms with Crippen molar-refractivity contribution < 1.29 is 32.6 Å². The summed E-state index contributed by atoms with van der Waals surface area (Å²) >= 11 is 0. The van der Waals surface area contributed by atoms with Crippen LogP contribution in [0.5, 0.6) is 0 Å². The molecule has 1 aromatic carbocycles. The van der Waals surface area contributed by atoms with Gasteiger partial charge >= 0.3 is 12.1 Å². The Morgan fingerprint density at radius 3 is 2.59 bits per heavy atom. The van der Waals surface area contributed by atoms with Gasteiger partial charge in [-0.1, -0.05) is 18.2 Å². The van der Waals surface area contributed by atoms with Crippen molar-refractivity contribution in [3.05, 3.63) is 35.4 Å². The average Bonchev–Trinajstić information content (AvgIpc) is 2.84. The van der Waals surface area contributed by atoms with Gasteiger partial charge in [-0.25, -0.2) is 0 Å². The summed E-state index contributed by atoms with van der Waals surface area (Å²) in [6.45, 7) is 1.68. The maximum atomic E-state index is 13.2. The van der Waals surface area contributed by atoms with Crippen LogP contribution in [0.4, 0.5) is 13.2 Å². The number of hydrogen-bond acceptors (Lipinski definition) is 4. The van der Waals surface area contributed by atoms with Crippen LogP contribution in [0.2, 0.25) is 0 Å². The summed E-state index contributed by atoms with van der Waals surface area (Å²) in [5.41, 5.74) is -0.864. The molecule has 2 heterocycles. The smallest absolute Gasteiger partial charge is 0.416 e. The highest BCUT2D eigenvalue weighted by molar-refractivity contribution is 5.79. The van der Waals surface area contributed by atoms with Gasteiger partial charge in [-0.15, -0.1) is 0 Å². The summed E-state index contributed by atoms with van der Waals surface area (Å²) in [4.78, 5) is 27.2. The Morgan fingerprint density at radius 1 is 1.15 bits per heavy atom. The largest absolute Gasteiger partial charge is 0.480 e. The highest BCUT2D eigenvalue weighted by Crippen LogP contribution is 2.32. The zero-order valence-electron chi connectivity index (χ0n) is 14.6. The minimum absolute atomic E-state index is 0.0582. The Balaban J connectivity index is 1.78. The molecule has 2 saturated heterocycles. The number of nitrogens with zero attached hydrogens (tertiary/aromatic N) is 2.